The molecule has 0 saturated carbocycles. The van der Waals surface area contributed by atoms with Gasteiger partial charge in [-0.15, -0.1) is 0 Å². The summed E-state index contributed by atoms with van der Waals surface area (Å²) < 4.78 is 43.9. The number of carbonyl (C=O) groups excluding carboxylic acids is 1. The fourth-order valence-electron chi connectivity index (χ4n) is 3.68. The van der Waals surface area contributed by atoms with Crippen molar-refractivity contribution in [1.29, 1.82) is 0 Å². The maximum Gasteiger partial charge on any atom is 0.416 e. The highest BCUT2D eigenvalue weighted by molar-refractivity contribution is 5.78. The van der Waals surface area contributed by atoms with E-state index < -0.39 is 11.7 Å². The smallest absolute Gasteiger partial charge is 0.416 e. The molecule has 1 unspecified atom stereocenters. The number of likely N-dealkylation sites (tertiary alicyclic amines) is 1. The summed E-state index contributed by atoms with van der Waals surface area (Å²) in [4.78, 5) is 14.7. The Morgan fingerprint density at radius 1 is 1.14 bits per heavy atom. The second-order valence-corrected chi connectivity index (χ2v) is 7.21. The number of alkyl halides is 3. The van der Waals surface area contributed by atoms with Crippen molar-refractivity contribution in [2.75, 3.05) is 26.7 Å². The summed E-state index contributed by atoms with van der Waals surface area (Å²) in [6.45, 7) is 2.29. The molecule has 1 fully saturated rings. The van der Waals surface area contributed by atoms with E-state index in [0.717, 1.165) is 49.4 Å². The van der Waals surface area contributed by atoms with Crippen molar-refractivity contribution < 1.29 is 22.7 Å². The number of nitrogens with zero attached hydrogens (tertiary/aromatic N) is 1. The average Bonchev–Trinajstić information content (AvgIpc) is 3.22. The van der Waals surface area contributed by atoms with Crippen molar-refractivity contribution in [2.45, 2.75) is 31.5 Å². The first-order chi connectivity index (χ1) is 13.9. The molecule has 2 aromatic rings. The van der Waals surface area contributed by atoms with E-state index in [1.165, 1.54) is 12.1 Å². The van der Waals surface area contributed by atoms with Crippen LogP contribution in [0.25, 0.3) is 0 Å². The molecular formula is C22H25F3N2O2. The van der Waals surface area contributed by atoms with Crippen molar-refractivity contribution in [3.8, 4) is 5.75 Å². The minimum Gasteiger partial charge on any atom is -0.497 e. The van der Waals surface area contributed by atoms with Crippen molar-refractivity contribution in [3.63, 3.8) is 0 Å². The number of halogens is 3. The number of hydrogen-bond donors (Lipinski definition) is 1. The van der Waals surface area contributed by atoms with Crippen LogP contribution in [-0.4, -0.2) is 37.6 Å². The molecule has 0 bridgehead atoms. The number of methoxy groups -OCH3 is 1. The Morgan fingerprint density at radius 2 is 1.86 bits per heavy atom. The third kappa shape index (κ3) is 5.73. The zero-order chi connectivity index (χ0) is 20.9. The fourth-order valence-corrected chi connectivity index (χ4v) is 3.68. The molecule has 1 N–H and O–H groups in total. The fraction of sp³-hybridized carbons (Fsp3) is 0.409. The molecule has 1 aliphatic rings. The first-order valence-corrected chi connectivity index (χ1v) is 9.67. The van der Waals surface area contributed by atoms with Gasteiger partial charge in [-0.2, -0.15) is 13.2 Å². The highest BCUT2D eigenvalue weighted by atomic mass is 19.4. The zero-order valence-corrected chi connectivity index (χ0v) is 16.3. The molecule has 1 saturated heterocycles. The lowest BCUT2D eigenvalue weighted by Gasteiger charge is -2.28. The Kier molecular flexibility index (Phi) is 6.79. The Labute approximate surface area is 168 Å². The highest BCUT2D eigenvalue weighted by Gasteiger charge is 2.30. The van der Waals surface area contributed by atoms with Crippen LogP contribution in [0, 0.1) is 0 Å². The molecular weight excluding hydrogens is 381 g/mol. The van der Waals surface area contributed by atoms with E-state index in [2.05, 4.69) is 10.2 Å². The molecule has 0 spiro atoms. The van der Waals surface area contributed by atoms with Gasteiger partial charge in [-0.3, -0.25) is 9.69 Å². The second-order valence-electron chi connectivity index (χ2n) is 7.21. The van der Waals surface area contributed by atoms with Gasteiger partial charge in [-0.1, -0.05) is 30.3 Å². The van der Waals surface area contributed by atoms with Crippen LogP contribution in [-0.2, 0) is 17.4 Å². The van der Waals surface area contributed by atoms with Crippen LogP contribution < -0.4 is 10.1 Å². The van der Waals surface area contributed by atoms with Gasteiger partial charge in [0.2, 0.25) is 5.91 Å². The minimum absolute atomic E-state index is 0.00180. The summed E-state index contributed by atoms with van der Waals surface area (Å²) in [6, 6.07) is 12.7. The molecule has 1 atom stereocenters. The van der Waals surface area contributed by atoms with Crippen LogP contribution in [0.3, 0.4) is 0 Å². The van der Waals surface area contributed by atoms with Crippen LogP contribution in [0.4, 0.5) is 13.2 Å². The molecule has 0 aliphatic carbocycles. The predicted molar refractivity (Wildman–Crippen MR) is 105 cm³/mol. The predicted octanol–water partition coefficient (Wildman–Crippen LogP) is 4.21. The summed E-state index contributed by atoms with van der Waals surface area (Å²) in [5.41, 5.74) is 0.649. The van der Waals surface area contributed by atoms with Gasteiger partial charge in [0.05, 0.1) is 25.1 Å². The molecule has 7 heteroatoms. The first-order valence-electron chi connectivity index (χ1n) is 9.67. The largest absolute Gasteiger partial charge is 0.497 e. The third-order valence-electron chi connectivity index (χ3n) is 5.17. The molecule has 29 heavy (non-hydrogen) atoms. The number of carbonyl (C=O) groups is 1. The Morgan fingerprint density at radius 3 is 2.55 bits per heavy atom. The van der Waals surface area contributed by atoms with Crippen LogP contribution in [0.5, 0.6) is 5.75 Å². The molecule has 4 nitrogen and oxygen atoms in total. The topological polar surface area (TPSA) is 41.6 Å². The van der Waals surface area contributed by atoms with Gasteiger partial charge in [-0.25, -0.2) is 0 Å². The van der Waals surface area contributed by atoms with E-state index in [1.54, 1.807) is 7.11 Å². The van der Waals surface area contributed by atoms with Gasteiger partial charge in [0, 0.05) is 6.54 Å². The summed E-state index contributed by atoms with van der Waals surface area (Å²) in [6.07, 6.45) is -2.29. The number of hydrogen-bond acceptors (Lipinski definition) is 3. The van der Waals surface area contributed by atoms with Gasteiger partial charge < -0.3 is 10.1 Å². The quantitative estimate of drug-likeness (QED) is 0.749. The van der Waals surface area contributed by atoms with Gasteiger partial charge >= 0.3 is 6.18 Å². The lowest BCUT2D eigenvalue weighted by molar-refractivity contribution is -0.137. The zero-order valence-electron chi connectivity index (χ0n) is 16.3. The van der Waals surface area contributed by atoms with E-state index in [0.29, 0.717) is 12.1 Å². The van der Waals surface area contributed by atoms with Gasteiger partial charge in [-0.05, 0) is 55.3 Å². The Balaban J connectivity index is 1.67. The molecule has 3 rings (SSSR count). The molecule has 0 aromatic heterocycles. The molecule has 0 radical (unpaired) electrons. The summed E-state index contributed by atoms with van der Waals surface area (Å²) in [5.74, 6) is 0.457. The Bertz CT molecular complexity index is 833. The summed E-state index contributed by atoms with van der Waals surface area (Å²) in [5, 5.41) is 2.90. The van der Waals surface area contributed by atoms with Crippen molar-refractivity contribution in [3.05, 3.63) is 65.2 Å². The van der Waals surface area contributed by atoms with Gasteiger partial charge in [0.1, 0.15) is 5.75 Å². The standard InChI is InChI=1S/C22H25F3N2O2/c1-29-19-9-5-7-17(14-19)20(27-10-2-3-11-27)15-26-21(28)13-16-6-4-8-18(12-16)22(23,24)25/h4-9,12,14,20H,2-3,10-11,13,15H2,1H3,(H,26,28). The second kappa shape index (κ2) is 9.31. The van der Waals surface area contributed by atoms with E-state index in [-0.39, 0.29) is 18.4 Å². The molecule has 156 valence electrons. The number of amides is 1. The van der Waals surface area contributed by atoms with Crippen molar-refractivity contribution >= 4 is 5.91 Å². The van der Waals surface area contributed by atoms with Crippen LogP contribution >= 0.6 is 0 Å². The summed E-state index contributed by atoms with van der Waals surface area (Å²) >= 11 is 0. The number of ether oxygens (including phenoxy) is 1. The SMILES string of the molecule is COc1cccc(C(CNC(=O)Cc2cccc(C(F)(F)F)c2)N2CCCC2)c1. The lowest BCUT2D eigenvalue weighted by Crippen LogP contribution is -2.37. The number of benzene rings is 2. The molecule has 1 amide bonds. The lowest BCUT2D eigenvalue weighted by atomic mass is 10.0. The number of nitrogens with one attached hydrogen (secondary N) is 1. The molecule has 1 heterocycles. The molecule has 1 aliphatic heterocycles. The van der Waals surface area contributed by atoms with E-state index in [9.17, 15) is 18.0 Å². The van der Waals surface area contributed by atoms with Crippen LogP contribution in [0.2, 0.25) is 0 Å². The van der Waals surface area contributed by atoms with Crippen molar-refractivity contribution in [2.24, 2.45) is 0 Å². The average molecular weight is 406 g/mol. The monoisotopic (exact) mass is 406 g/mol. The van der Waals surface area contributed by atoms with Crippen molar-refractivity contribution in [1.82, 2.24) is 10.2 Å². The van der Waals surface area contributed by atoms with E-state index >= 15 is 0 Å². The maximum atomic E-state index is 12.9. The van der Waals surface area contributed by atoms with E-state index in [4.69, 9.17) is 4.74 Å². The Hall–Kier alpha value is -2.54. The summed E-state index contributed by atoms with van der Waals surface area (Å²) in [7, 11) is 1.61. The third-order valence-corrected chi connectivity index (χ3v) is 5.17. The van der Waals surface area contributed by atoms with E-state index in [1.807, 2.05) is 24.3 Å². The van der Waals surface area contributed by atoms with Crippen LogP contribution in [0.1, 0.15) is 35.6 Å². The number of rotatable bonds is 7. The minimum atomic E-state index is -4.42. The highest BCUT2D eigenvalue weighted by Crippen LogP contribution is 2.30. The molecule has 2 aromatic carbocycles. The van der Waals surface area contributed by atoms with Gasteiger partial charge in [0.25, 0.3) is 0 Å². The first kappa shape index (κ1) is 21.2. The normalized spacial score (nSPS) is 15.9. The van der Waals surface area contributed by atoms with Gasteiger partial charge in [0.15, 0.2) is 0 Å². The van der Waals surface area contributed by atoms with Crippen LogP contribution in [0.15, 0.2) is 48.5 Å². The maximum absolute atomic E-state index is 12.9.